The number of fused-ring (bicyclic) bond motifs is 1. The highest BCUT2D eigenvalue weighted by Gasteiger charge is 2.29. The fourth-order valence-corrected chi connectivity index (χ4v) is 6.09. The van der Waals surface area contributed by atoms with Gasteiger partial charge in [-0.25, -0.2) is 8.42 Å². The number of aliphatic carboxylic acids is 1. The number of anilines is 1. The number of carbonyl (C=O) groups is 1. The predicted octanol–water partition coefficient (Wildman–Crippen LogP) is 5.14. The first-order chi connectivity index (χ1) is 18.2. The van der Waals surface area contributed by atoms with Gasteiger partial charge < -0.3 is 19.2 Å². The molecule has 1 aromatic heterocycles. The Morgan fingerprint density at radius 1 is 1.18 bits per heavy atom. The molecule has 1 N–H and O–H groups in total. The summed E-state index contributed by atoms with van der Waals surface area (Å²) in [4.78, 5) is 9.14. The number of ether oxygens (including phenoxy) is 1. The third-order valence-corrected chi connectivity index (χ3v) is 8.35. The topological polar surface area (TPSA) is 122 Å². The van der Waals surface area contributed by atoms with Crippen LogP contribution < -0.4 is 14.6 Å². The lowest BCUT2D eigenvalue weighted by Crippen LogP contribution is -2.21. The molecule has 1 heterocycles. The van der Waals surface area contributed by atoms with Gasteiger partial charge in [-0.1, -0.05) is 51.1 Å². The zero-order valence-electron chi connectivity index (χ0n) is 23.8. The van der Waals surface area contributed by atoms with E-state index in [9.17, 15) is 8.42 Å². The molecule has 1 unspecified atom stereocenters. The lowest BCUT2D eigenvalue weighted by Gasteiger charge is -2.30. The number of rotatable bonds is 7. The van der Waals surface area contributed by atoms with Crippen LogP contribution in [0.25, 0.3) is 0 Å². The van der Waals surface area contributed by atoms with Gasteiger partial charge in [-0.05, 0) is 92.8 Å². The first-order valence-electron chi connectivity index (χ1n) is 13.2. The Labute approximate surface area is 231 Å². The smallest absolute Gasteiger partial charge is 0.263 e. The van der Waals surface area contributed by atoms with E-state index >= 15 is 0 Å². The summed E-state index contributed by atoms with van der Waals surface area (Å²) in [5, 5.41) is 12.9. The number of carbonyl (C=O) groups excluding carboxylic acids is 1. The maximum Gasteiger partial charge on any atom is 0.263 e. The number of nitrogens with zero attached hydrogens (tertiary/aromatic N) is 1. The third-order valence-electron chi connectivity index (χ3n) is 7.01. The SMILES string of the molecule is CC(=O)[O-].CCOc1ccc([C@@H](C)C2CCc3ccc(S(=O)(=O)Nc4noc(C(C)(C)C)c4C)cc3C2)cc1. The van der Waals surface area contributed by atoms with Gasteiger partial charge in [0.25, 0.3) is 10.0 Å². The third kappa shape index (κ3) is 7.62. The Morgan fingerprint density at radius 3 is 2.38 bits per heavy atom. The Morgan fingerprint density at radius 2 is 1.82 bits per heavy atom. The molecular weight excluding hydrogens is 516 g/mol. The van der Waals surface area contributed by atoms with Crippen LogP contribution in [0.2, 0.25) is 0 Å². The average Bonchev–Trinajstić information content (AvgIpc) is 3.23. The van der Waals surface area contributed by atoms with Crippen LogP contribution in [-0.4, -0.2) is 26.2 Å². The molecule has 0 amide bonds. The van der Waals surface area contributed by atoms with Crippen molar-refractivity contribution in [3.05, 3.63) is 70.5 Å². The van der Waals surface area contributed by atoms with Gasteiger partial charge in [0, 0.05) is 16.9 Å². The minimum Gasteiger partial charge on any atom is -0.550 e. The number of sulfonamides is 1. The zero-order chi connectivity index (χ0) is 29.0. The first kappa shape index (κ1) is 30.2. The summed E-state index contributed by atoms with van der Waals surface area (Å²) >= 11 is 0. The van der Waals surface area contributed by atoms with E-state index in [1.54, 1.807) is 6.07 Å². The lowest BCUT2D eigenvalue weighted by molar-refractivity contribution is -0.302. The maximum absolute atomic E-state index is 13.2. The molecular formula is C30H39N2O6S-. The van der Waals surface area contributed by atoms with Crippen molar-refractivity contribution in [3.63, 3.8) is 0 Å². The van der Waals surface area contributed by atoms with E-state index < -0.39 is 16.0 Å². The summed E-state index contributed by atoms with van der Waals surface area (Å²) in [5.41, 5.74) is 4.06. The summed E-state index contributed by atoms with van der Waals surface area (Å²) < 4.78 is 40.1. The van der Waals surface area contributed by atoms with Crippen LogP contribution in [0.3, 0.4) is 0 Å². The molecule has 0 radical (unpaired) electrons. The Kier molecular flexibility index (Phi) is 9.48. The van der Waals surface area contributed by atoms with E-state index in [1.807, 2.05) is 58.9 Å². The normalized spacial score (nSPS) is 15.9. The number of carboxylic acids is 1. The van der Waals surface area contributed by atoms with E-state index in [0.717, 1.165) is 37.5 Å². The average molecular weight is 556 g/mol. The summed E-state index contributed by atoms with van der Waals surface area (Å²) in [5.74, 6) is 1.53. The standard InChI is InChI=1S/C28H36N2O4S.C2H4O2/c1-7-33-24-13-10-20(11-14-24)18(2)22-9-8-21-12-15-25(17-23(21)16-22)35(31,32)30-27-19(3)26(34-29-27)28(4,5)6;1-2(3)4/h10-15,17-18,22H,7-9,16H2,1-6H3,(H,29,30);1H3,(H,3,4)/p-1/t18-,22?;/m1./s1. The van der Waals surface area contributed by atoms with Crippen molar-refractivity contribution in [1.29, 1.82) is 0 Å². The number of nitrogens with one attached hydrogen (secondary N) is 1. The van der Waals surface area contributed by atoms with Crippen LogP contribution in [0.1, 0.15) is 81.9 Å². The largest absolute Gasteiger partial charge is 0.550 e. The molecule has 0 saturated carbocycles. The first-order valence-corrected chi connectivity index (χ1v) is 14.7. The molecule has 0 aliphatic heterocycles. The second kappa shape index (κ2) is 12.2. The summed E-state index contributed by atoms with van der Waals surface area (Å²) in [6.45, 7) is 13.7. The molecule has 9 heteroatoms. The van der Waals surface area contributed by atoms with Crippen molar-refractivity contribution in [3.8, 4) is 5.75 Å². The van der Waals surface area contributed by atoms with Gasteiger partial charge in [0.15, 0.2) is 5.82 Å². The molecule has 212 valence electrons. The Balaban J connectivity index is 0.000000983. The molecule has 8 nitrogen and oxygen atoms in total. The summed E-state index contributed by atoms with van der Waals surface area (Å²) in [6.07, 6.45) is 2.89. The van der Waals surface area contributed by atoms with Crippen LogP contribution in [0, 0.1) is 12.8 Å². The zero-order valence-corrected chi connectivity index (χ0v) is 24.6. The second-order valence-electron chi connectivity index (χ2n) is 11.1. The molecule has 3 aromatic rings. The molecule has 4 rings (SSSR count). The Bertz CT molecular complexity index is 1380. The molecule has 0 saturated heterocycles. The van der Waals surface area contributed by atoms with Crippen LogP contribution in [0.15, 0.2) is 51.9 Å². The molecule has 0 fully saturated rings. The summed E-state index contributed by atoms with van der Waals surface area (Å²) in [6, 6.07) is 13.8. The number of hydrogen-bond acceptors (Lipinski definition) is 7. The highest BCUT2D eigenvalue weighted by atomic mass is 32.2. The molecule has 2 aromatic carbocycles. The van der Waals surface area contributed by atoms with Gasteiger partial charge in [-0.15, -0.1) is 0 Å². The van der Waals surface area contributed by atoms with Crippen molar-refractivity contribution < 1.29 is 27.6 Å². The second-order valence-corrected chi connectivity index (χ2v) is 12.7. The highest BCUT2D eigenvalue weighted by Crippen LogP contribution is 2.37. The number of aromatic nitrogens is 1. The predicted molar refractivity (Wildman–Crippen MR) is 149 cm³/mol. The summed E-state index contributed by atoms with van der Waals surface area (Å²) in [7, 11) is -3.79. The lowest BCUT2D eigenvalue weighted by atomic mass is 9.75. The van der Waals surface area contributed by atoms with Crippen molar-refractivity contribution in [1.82, 2.24) is 5.16 Å². The van der Waals surface area contributed by atoms with Gasteiger partial charge in [-0.2, -0.15) is 0 Å². The monoisotopic (exact) mass is 555 g/mol. The van der Waals surface area contributed by atoms with Crippen LogP contribution in [0.5, 0.6) is 5.75 Å². The van der Waals surface area contributed by atoms with E-state index in [2.05, 4.69) is 28.9 Å². The van der Waals surface area contributed by atoms with Crippen LogP contribution in [-0.2, 0) is 33.1 Å². The fraction of sp³-hybridized carbons (Fsp3) is 0.467. The van der Waals surface area contributed by atoms with E-state index in [4.69, 9.17) is 19.2 Å². The molecule has 39 heavy (non-hydrogen) atoms. The quantitative estimate of drug-likeness (QED) is 0.428. The number of hydrogen-bond donors (Lipinski definition) is 1. The molecule has 0 spiro atoms. The van der Waals surface area contributed by atoms with Gasteiger partial charge in [0.2, 0.25) is 0 Å². The van der Waals surface area contributed by atoms with E-state index in [1.165, 1.54) is 11.1 Å². The van der Waals surface area contributed by atoms with Crippen molar-refractivity contribution in [2.45, 2.75) is 84.0 Å². The minimum atomic E-state index is -3.79. The minimum absolute atomic E-state index is 0.245. The molecule has 1 aliphatic rings. The van der Waals surface area contributed by atoms with Crippen LogP contribution in [0.4, 0.5) is 5.82 Å². The van der Waals surface area contributed by atoms with Gasteiger partial charge in [-0.3, -0.25) is 4.72 Å². The molecule has 0 bridgehead atoms. The maximum atomic E-state index is 13.2. The van der Waals surface area contributed by atoms with Crippen LogP contribution >= 0.6 is 0 Å². The van der Waals surface area contributed by atoms with E-state index in [-0.39, 0.29) is 16.1 Å². The van der Waals surface area contributed by atoms with Gasteiger partial charge >= 0.3 is 0 Å². The number of aryl methyl sites for hydroxylation is 1. The molecule has 1 aliphatic carbocycles. The highest BCUT2D eigenvalue weighted by molar-refractivity contribution is 7.92. The van der Waals surface area contributed by atoms with Gasteiger partial charge in [0.05, 0.1) is 11.5 Å². The van der Waals surface area contributed by atoms with E-state index in [0.29, 0.717) is 29.8 Å². The Hall–Kier alpha value is -3.33. The van der Waals surface area contributed by atoms with Crippen molar-refractivity contribution >= 4 is 21.8 Å². The number of carboxylic acid groups (broad SMARTS) is 1. The fourth-order valence-electron chi connectivity index (χ4n) is 4.98. The van der Waals surface area contributed by atoms with Crippen molar-refractivity contribution in [2.24, 2.45) is 5.92 Å². The molecule has 2 atom stereocenters. The number of benzene rings is 2. The van der Waals surface area contributed by atoms with Crippen molar-refractivity contribution in [2.75, 3.05) is 11.3 Å². The van der Waals surface area contributed by atoms with Gasteiger partial charge in [0.1, 0.15) is 11.5 Å².